The van der Waals surface area contributed by atoms with Crippen LogP contribution in [0.25, 0.3) is 11.1 Å². The first-order chi connectivity index (χ1) is 11.2. The predicted octanol–water partition coefficient (Wildman–Crippen LogP) is 3.16. The molecule has 23 heavy (non-hydrogen) atoms. The maximum atomic E-state index is 6.09. The van der Waals surface area contributed by atoms with E-state index >= 15 is 0 Å². The van der Waals surface area contributed by atoms with E-state index in [-0.39, 0.29) is 0 Å². The third-order valence-corrected chi connectivity index (χ3v) is 5.50. The van der Waals surface area contributed by atoms with Crippen molar-refractivity contribution in [3.05, 3.63) is 35.9 Å². The highest BCUT2D eigenvalue weighted by Crippen LogP contribution is 2.30. The molecule has 4 heteroatoms. The summed E-state index contributed by atoms with van der Waals surface area (Å²) in [6.07, 6.45) is 7.00. The Morgan fingerprint density at radius 2 is 1.91 bits per heavy atom. The summed E-state index contributed by atoms with van der Waals surface area (Å²) < 4.78 is 7.15. The molecule has 0 bridgehead atoms. The van der Waals surface area contributed by atoms with Gasteiger partial charge in [0.25, 0.3) is 6.01 Å². The molecule has 1 aromatic heterocycles. The average molecular weight is 312 g/mol. The summed E-state index contributed by atoms with van der Waals surface area (Å²) in [4.78, 5) is 7.06. The Hall–Kier alpha value is -1.81. The first kappa shape index (κ1) is 14.8. The molecule has 4 nitrogen and oxygen atoms in total. The molecule has 0 spiro atoms. The Kier molecular flexibility index (Phi) is 3.64. The minimum atomic E-state index is 0.798. The van der Waals surface area contributed by atoms with Crippen molar-refractivity contribution in [3.8, 4) is 0 Å². The summed E-state index contributed by atoms with van der Waals surface area (Å²) in [6.45, 7) is 9.14. The van der Waals surface area contributed by atoms with Gasteiger partial charge in [0.2, 0.25) is 0 Å². The van der Waals surface area contributed by atoms with Gasteiger partial charge in [-0.2, -0.15) is 4.98 Å². The number of nitrogens with zero attached hydrogens (tertiary/aromatic N) is 3. The second-order valence-electron chi connectivity index (χ2n) is 7.32. The van der Waals surface area contributed by atoms with Crippen molar-refractivity contribution in [2.75, 3.05) is 44.7 Å². The van der Waals surface area contributed by atoms with Gasteiger partial charge in [-0.1, -0.05) is 6.58 Å². The summed E-state index contributed by atoms with van der Waals surface area (Å²) in [5.74, 6) is 0. The van der Waals surface area contributed by atoms with Crippen LogP contribution in [0, 0.1) is 0 Å². The number of hydrogen-bond acceptors (Lipinski definition) is 3. The number of piperazine rings is 1. The highest BCUT2D eigenvalue weighted by molar-refractivity contribution is 5.77. The van der Waals surface area contributed by atoms with E-state index < -0.39 is 0 Å². The van der Waals surface area contributed by atoms with Gasteiger partial charge in [0.1, 0.15) is 5.52 Å². The maximum Gasteiger partial charge on any atom is 0.298 e. The van der Waals surface area contributed by atoms with E-state index in [0.717, 1.165) is 54.3 Å². The summed E-state index contributed by atoms with van der Waals surface area (Å²) >= 11 is 0. The number of likely N-dealkylation sites (N-methyl/N-ethyl adjacent to an activating group) is 1. The van der Waals surface area contributed by atoms with Crippen LogP contribution in [0.5, 0.6) is 0 Å². The molecule has 0 atom stereocenters. The fourth-order valence-corrected chi connectivity index (χ4v) is 3.91. The van der Waals surface area contributed by atoms with Gasteiger partial charge < -0.3 is 13.8 Å². The third kappa shape index (κ3) is 2.76. The van der Waals surface area contributed by atoms with E-state index in [2.05, 4.69) is 30.7 Å². The monoisotopic (exact) mass is 312 g/mol. The second-order valence-corrected chi connectivity index (χ2v) is 7.32. The smallest absolute Gasteiger partial charge is 0.298 e. The minimum absolute atomic E-state index is 0.798. The number of hydrogen-bond donors (Lipinski definition) is 0. The average Bonchev–Trinajstić information content (AvgIpc) is 2.96. The number of quaternary nitrogens is 1. The van der Waals surface area contributed by atoms with Crippen LogP contribution in [0.2, 0.25) is 0 Å². The lowest BCUT2D eigenvalue weighted by atomic mass is 9.91. The molecule has 4 rings (SSSR count). The molecule has 2 aliphatic rings. The van der Waals surface area contributed by atoms with Crippen LogP contribution in [-0.4, -0.2) is 49.2 Å². The summed E-state index contributed by atoms with van der Waals surface area (Å²) in [6, 6.07) is 5.27. The van der Waals surface area contributed by atoms with Crippen LogP contribution in [-0.2, 0) is 12.8 Å². The zero-order chi connectivity index (χ0) is 15.9. The normalized spacial score (nSPS) is 20.5. The standard InChI is InChI=1S/C19H26N3O/c1-3-10-22(2)11-8-21(9-12-22)19-20-17-13-15-6-4-5-7-16(15)14-18(17)23-19/h3,13-14H,1,4-12H2,2H3/q+1. The highest BCUT2D eigenvalue weighted by atomic mass is 16.4. The number of fused-ring (bicyclic) bond motifs is 2. The summed E-state index contributed by atoms with van der Waals surface area (Å²) in [7, 11) is 2.30. The number of benzene rings is 1. The molecule has 2 heterocycles. The van der Waals surface area contributed by atoms with Crippen molar-refractivity contribution in [2.24, 2.45) is 0 Å². The number of rotatable bonds is 3. The SMILES string of the molecule is C=CC[N+]1(C)CCN(c2nc3cc4c(cc3o2)CCCC4)CC1. The Morgan fingerprint density at radius 1 is 1.22 bits per heavy atom. The fraction of sp³-hybridized carbons (Fsp3) is 0.526. The first-order valence-electron chi connectivity index (χ1n) is 8.79. The lowest BCUT2D eigenvalue weighted by molar-refractivity contribution is -0.904. The molecule has 1 aliphatic carbocycles. The number of aromatic nitrogens is 1. The van der Waals surface area contributed by atoms with Gasteiger partial charge in [0.15, 0.2) is 5.58 Å². The summed E-state index contributed by atoms with van der Waals surface area (Å²) in [5, 5.41) is 0. The molecule has 1 fully saturated rings. The fourth-order valence-electron chi connectivity index (χ4n) is 3.91. The van der Waals surface area contributed by atoms with Gasteiger partial charge in [-0.15, -0.1) is 0 Å². The van der Waals surface area contributed by atoms with Crippen LogP contribution in [0.4, 0.5) is 6.01 Å². The van der Waals surface area contributed by atoms with Gasteiger partial charge in [0.05, 0.1) is 39.8 Å². The number of anilines is 1. The Balaban J connectivity index is 1.57. The lowest BCUT2D eigenvalue weighted by Gasteiger charge is -2.40. The largest absolute Gasteiger partial charge is 0.423 e. The van der Waals surface area contributed by atoms with Crippen molar-refractivity contribution >= 4 is 17.1 Å². The lowest BCUT2D eigenvalue weighted by Crippen LogP contribution is -2.57. The van der Waals surface area contributed by atoms with Crippen LogP contribution >= 0.6 is 0 Å². The molecule has 1 aliphatic heterocycles. The van der Waals surface area contributed by atoms with Crippen molar-refractivity contribution in [1.82, 2.24) is 4.98 Å². The topological polar surface area (TPSA) is 29.3 Å². The summed E-state index contributed by atoms with van der Waals surface area (Å²) in [5.41, 5.74) is 4.90. The highest BCUT2D eigenvalue weighted by Gasteiger charge is 2.29. The van der Waals surface area contributed by atoms with Crippen molar-refractivity contribution in [2.45, 2.75) is 25.7 Å². The second kappa shape index (κ2) is 5.68. The molecule has 1 saturated heterocycles. The van der Waals surface area contributed by atoms with E-state index in [0.29, 0.717) is 0 Å². The van der Waals surface area contributed by atoms with E-state index in [9.17, 15) is 0 Å². The number of oxazole rings is 1. The zero-order valence-electron chi connectivity index (χ0n) is 14.1. The molecule has 0 N–H and O–H groups in total. The molecular formula is C19H26N3O+. The van der Waals surface area contributed by atoms with Gasteiger partial charge in [0, 0.05) is 0 Å². The third-order valence-electron chi connectivity index (χ3n) is 5.50. The maximum absolute atomic E-state index is 6.09. The molecule has 0 amide bonds. The van der Waals surface area contributed by atoms with Gasteiger partial charge in [-0.3, -0.25) is 0 Å². The first-order valence-corrected chi connectivity index (χ1v) is 8.79. The number of aryl methyl sites for hydroxylation is 2. The van der Waals surface area contributed by atoms with Crippen LogP contribution in [0.3, 0.4) is 0 Å². The Bertz CT molecular complexity index is 683. The quantitative estimate of drug-likeness (QED) is 0.644. The Morgan fingerprint density at radius 3 is 2.61 bits per heavy atom. The van der Waals surface area contributed by atoms with E-state index in [1.165, 1.54) is 36.8 Å². The molecule has 122 valence electrons. The molecule has 1 aromatic carbocycles. The molecule has 2 aromatic rings. The van der Waals surface area contributed by atoms with Crippen LogP contribution in [0.15, 0.2) is 29.2 Å². The molecule has 0 saturated carbocycles. The van der Waals surface area contributed by atoms with E-state index in [4.69, 9.17) is 9.40 Å². The van der Waals surface area contributed by atoms with Crippen molar-refractivity contribution < 1.29 is 8.90 Å². The van der Waals surface area contributed by atoms with Gasteiger partial charge in [-0.05, 0) is 55.0 Å². The molecule has 0 unspecified atom stereocenters. The van der Waals surface area contributed by atoms with Crippen molar-refractivity contribution in [1.29, 1.82) is 0 Å². The van der Waals surface area contributed by atoms with E-state index in [1.807, 2.05) is 6.08 Å². The Labute approximate surface area is 138 Å². The van der Waals surface area contributed by atoms with Gasteiger partial charge in [-0.25, -0.2) is 0 Å². The molecule has 0 radical (unpaired) electrons. The van der Waals surface area contributed by atoms with E-state index in [1.54, 1.807) is 0 Å². The molecular weight excluding hydrogens is 286 g/mol. The predicted molar refractivity (Wildman–Crippen MR) is 93.8 cm³/mol. The van der Waals surface area contributed by atoms with Crippen LogP contribution in [0.1, 0.15) is 24.0 Å². The zero-order valence-corrected chi connectivity index (χ0v) is 14.1. The van der Waals surface area contributed by atoms with Crippen molar-refractivity contribution in [3.63, 3.8) is 0 Å². The minimum Gasteiger partial charge on any atom is -0.423 e. The van der Waals surface area contributed by atoms with Gasteiger partial charge >= 0.3 is 0 Å². The van der Waals surface area contributed by atoms with Crippen LogP contribution < -0.4 is 4.90 Å².